The van der Waals surface area contributed by atoms with E-state index in [0.29, 0.717) is 5.69 Å². The Morgan fingerprint density at radius 2 is 1.58 bits per heavy atom. The molecule has 0 aliphatic carbocycles. The summed E-state index contributed by atoms with van der Waals surface area (Å²) < 4.78 is 30.4. The van der Waals surface area contributed by atoms with E-state index in [1.54, 1.807) is 12.1 Å². The number of amides is 1. The lowest BCUT2D eigenvalue weighted by atomic mass is 10.0. The minimum Gasteiger partial charge on any atom is -0.324 e. The summed E-state index contributed by atoms with van der Waals surface area (Å²) in [4.78, 5) is 13.3. The summed E-state index contributed by atoms with van der Waals surface area (Å²) in [6, 6.07) is 18.7. The normalized spacial score (nSPS) is 12.4. The van der Waals surface area contributed by atoms with E-state index in [1.165, 1.54) is 12.1 Å². The van der Waals surface area contributed by atoms with Crippen molar-refractivity contribution < 1.29 is 13.2 Å². The molecular formula is C23H22BrIN2O3S. The molecule has 0 saturated heterocycles. The van der Waals surface area contributed by atoms with Gasteiger partial charge in [-0.3, -0.25) is 4.79 Å². The predicted octanol–water partition coefficient (Wildman–Crippen LogP) is 5.20. The molecule has 0 aromatic heterocycles. The summed E-state index contributed by atoms with van der Waals surface area (Å²) in [5, 5.41) is 2.92. The molecule has 31 heavy (non-hydrogen) atoms. The average Bonchev–Trinajstić information content (AvgIpc) is 2.71. The molecule has 0 unspecified atom stereocenters. The number of nitrogens with one attached hydrogen (secondary N) is 2. The monoisotopic (exact) mass is 612 g/mol. The maximum atomic E-state index is 13.2. The largest absolute Gasteiger partial charge is 0.324 e. The molecule has 0 aliphatic heterocycles. The highest BCUT2D eigenvalue weighted by Crippen LogP contribution is 2.25. The van der Waals surface area contributed by atoms with Crippen LogP contribution in [0.3, 0.4) is 0 Å². The maximum absolute atomic E-state index is 13.2. The minimum atomic E-state index is -3.88. The van der Waals surface area contributed by atoms with E-state index in [1.807, 2.05) is 56.3 Å². The molecule has 0 aliphatic rings. The molecule has 0 saturated carbocycles. The van der Waals surface area contributed by atoms with Crippen molar-refractivity contribution >= 4 is 60.1 Å². The first kappa shape index (κ1) is 23.9. The molecule has 2 N–H and O–H groups in total. The van der Waals surface area contributed by atoms with Crippen LogP contribution in [0.5, 0.6) is 0 Å². The summed E-state index contributed by atoms with van der Waals surface area (Å²) in [6.07, 6.45) is 0.227. The van der Waals surface area contributed by atoms with Gasteiger partial charge < -0.3 is 5.32 Å². The number of rotatable bonds is 7. The second-order valence-electron chi connectivity index (χ2n) is 7.22. The Balaban J connectivity index is 1.91. The van der Waals surface area contributed by atoms with Gasteiger partial charge in [0.05, 0.1) is 4.90 Å². The highest BCUT2D eigenvalue weighted by atomic mass is 127. The highest BCUT2D eigenvalue weighted by molar-refractivity contribution is 14.1. The second kappa shape index (κ2) is 10.2. The fourth-order valence-electron chi connectivity index (χ4n) is 3.22. The zero-order valence-corrected chi connectivity index (χ0v) is 21.6. The van der Waals surface area contributed by atoms with Gasteiger partial charge in [0.2, 0.25) is 15.9 Å². The number of benzene rings is 3. The van der Waals surface area contributed by atoms with E-state index in [2.05, 4.69) is 48.6 Å². The van der Waals surface area contributed by atoms with E-state index < -0.39 is 22.0 Å². The number of hydrogen-bond donors (Lipinski definition) is 2. The van der Waals surface area contributed by atoms with E-state index >= 15 is 0 Å². The third-order valence-electron chi connectivity index (χ3n) is 4.77. The summed E-state index contributed by atoms with van der Waals surface area (Å²) >= 11 is 5.57. The van der Waals surface area contributed by atoms with Crippen LogP contribution in [-0.2, 0) is 21.2 Å². The SMILES string of the molecule is Cc1cc(Br)cc(C)c1NC(=O)[C@H](Cc1ccccc1)NS(=O)(=O)c1ccc(I)cc1. The molecule has 5 nitrogen and oxygen atoms in total. The molecule has 3 aromatic carbocycles. The second-order valence-corrected chi connectivity index (χ2v) is 11.1. The third-order valence-corrected chi connectivity index (χ3v) is 7.43. The van der Waals surface area contributed by atoms with Crippen LogP contribution >= 0.6 is 38.5 Å². The molecule has 8 heteroatoms. The van der Waals surface area contributed by atoms with Crippen molar-refractivity contribution in [1.82, 2.24) is 4.72 Å². The lowest BCUT2D eigenvalue weighted by Crippen LogP contribution is -2.45. The molecule has 1 atom stereocenters. The van der Waals surface area contributed by atoms with Crippen LogP contribution in [0, 0.1) is 17.4 Å². The van der Waals surface area contributed by atoms with Crippen LogP contribution in [0.15, 0.2) is 76.1 Å². The van der Waals surface area contributed by atoms with Crippen LogP contribution in [-0.4, -0.2) is 20.4 Å². The van der Waals surface area contributed by atoms with Crippen molar-refractivity contribution in [1.29, 1.82) is 0 Å². The Kier molecular flexibility index (Phi) is 7.90. The van der Waals surface area contributed by atoms with Gasteiger partial charge in [0, 0.05) is 13.7 Å². The minimum absolute atomic E-state index is 0.120. The Hall–Kier alpha value is -1.75. The summed E-state index contributed by atoms with van der Waals surface area (Å²) in [7, 11) is -3.88. The Labute approximate surface area is 205 Å². The molecule has 0 heterocycles. The molecule has 3 rings (SSSR count). The van der Waals surface area contributed by atoms with E-state index in [9.17, 15) is 13.2 Å². The summed E-state index contributed by atoms with van der Waals surface area (Å²) in [6.45, 7) is 3.80. The van der Waals surface area contributed by atoms with Crippen molar-refractivity contribution in [3.05, 3.63) is 91.5 Å². The first-order valence-corrected chi connectivity index (χ1v) is 12.9. The number of anilines is 1. The molecule has 0 bridgehead atoms. The van der Waals surface area contributed by atoms with E-state index in [4.69, 9.17) is 0 Å². The number of sulfonamides is 1. The van der Waals surface area contributed by atoms with Crippen LogP contribution in [0.2, 0.25) is 0 Å². The predicted molar refractivity (Wildman–Crippen MR) is 136 cm³/mol. The molecule has 162 valence electrons. The van der Waals surface area contributed by atoms with Crippen molar-refractivity contribution in [2.75, 3.05) is 5.32 Å². The van der Waals surface area contributed by atoms with Gasteiger partial charge in [-0.2, -0.15) is 4.72 Å². The molecule has 1 amide bonds. The van der Waals surface area contributed by atoms with Gasteiger partial charge in [0.25, 0.3) is 0 Å². The highest BCUT2D eigenvalue weighted by Gasteiger charge is 2.27. The van der Waals surface area contributed by atoms with Gasteiger partial charge in [0.15, 0.2) is 0 Å². The fraction of sp³-hybridized carbons (Fsp3) is 0.174. The van der Waals surface area contributed by atoms with Crippen LogP contribution in [0.4, 0.5) is 5.69 Å². The zero-order chi connectivity index (χ0) is 22.6. The van der Waals surface area contributed by atoms with Gasteiger partial charge in [-0.05, 0) is 95.9 Å². The van der Waals surface area contributed by atoms with Gasteiger partial charge >= 0.3 is 0 Å². The quantitative estimate of drug-likeness (QED) is 0.360. The molecule has 0 spiro atoms. The lowest BCUT2D eigenvalue weighted by molar-refractivity contribution is -0.117. The van der Waals surface area contributed by atoms with Crippen LogP contribution < -0.4 is 10.0 Å². The molecular weight excluding hydrogens is 591 g/mol. The number of carbonyl (C=O) groups excluding carboxylic acids is 1. The van der Waals surface area contributed by atoms with Crippen molar-refractivity contribution in [2.24, 2.45) is 0 Å². The average molecular weight is 613 g/mol. The van der Waals surface area contributed by atoms with Gasteiger partial charge in [-0.1, -0.05) is 46.3 Å². The number of aryl methyl sites for hydroxylation is 2. The summed E-state index contributed by atoms with van der Waals surface area (Å²) in [5.74, 6) is -0.411. The smallest absolute Gasteiger partial charge is 0.242 e. The Morgan fingerprint density at radius 1 is 1.00 bits per heavy atom. The lowest BCUT2D eigenvalue weighted by Gasteiger charge is -2.20. The van der Waals surface area contributed by atoms with Crippen molar-refractivity contribution in [3.8, 4) is 0 Å². The zero-order valence-electron chi connectivity index (χ0n) is 17.0. The van der Waals surface area contributed by atoms with Crippen LogP contribution in [0.25, 0.3) is 0 Å². The first-order chi connectivity index (χ1) is 14.7. The van der Waals surface area contributed by atoms with E-state index in [0.717, 1.165) is 24.7 Å². The molecule has 0 radical (unpaired) electrons. The Bertz CT molecular complexity index is 1160. The topological polar surface area (TPSA) is 75.3 Å². The van der Waals surface area contributed by atoms with Crippen molar-refractivity contribution in [3.63, 3.8) is 0 Å². The summed E-state index contributed by atoms with van der Waals surface area (Å²) in [5.41, 5.74) is 3.32. The van der Waals surface area contributed by atoms with Gasteiger partial charge in [0.1, 0.15) is 6.04 Å². The Morgan fingerprint density at radius 3 is 2.16 bits per heavy atom. The van der Waals surface area contributed by atoms with E-state index in [-0.39, 0.29) is 11.3 Å². The van der Waals surface area contributed by atoms with Crippen LogP contribution in [0.1, 0.15) is 16.7 Å². The molecule has 3 aromatic rings. The number of halogens is 2. The number of hydrogen-bond acceptors (Lipinski definition) is 3. The standard InChI is InChI=1S/C23H22BrIN2O3S/c1-15-12-18(24)13-16(2)22(15)26-23(28)21(14-17-6-4-3-5-7-17)27-31(29,30)20-10-8-19(25)9-11-20/h3-13,21,27H,14H2,1-2H3,(H,26,28)/t21-/m0/s1. The molecule has 0 fully saturated rings. The number of carbonyl (C=O) groups is 1. The third kappa shape index (κ3) is 6.38. The maximum Gasteiger partial charge on any atom is 0.242 e. The fourth-order valence-corrected chi connectivity index (χ4v) is 5.47. The van der Waals surface area contributed by atoms with Gasteiger partial charge in [-0.15, -0.1) is 0 Å². The van der Waals surface area contributed by atoms with Gasteiger partial charge in [-0.25, -0.2) is 8.42 Å². The first-order valence-electron chi connectivity index (χ1n) is 9.55. The van der Waals surface area contributed by atoms with Crippen molar-refractivity contribution in [2.45, 2.75) is 31.2 Å².